The van der Waals surface area contributed by atoms with Crippen LogP contribution in [0.5, 0.6) is 11.5 Å². The highest BCUT2D eigenvalue weighted by atomic mass is 16.5. The van der Waals surface area contributed by atoms with Gasteiger partial charge >= 0.3 is 5.97 Å². The fraction of sp³-hybridized carbons (Fsp3) is 0.385. The number of phenols is 1. The van der Waals surface area contributed by atoms with E-state index in [1.807, 2.05) is 0 Å². The van der Waals surface area contributed by atoms with Gasteiger partial charge in [0.05, 0.1) is 5.92 Å². The van der Waals surface area contributed by atoms with Gasteiger partial charge in [0.15, 0.2) is 18.1 Å². The summed E-state index contributed by atoms with van der Waals surface area (Å²) in [6, 6.07) is 5.79. The van der Waals surface area contributed by atoms with Crippen LogP contribution in [0.3, 0.4) is 0 Å². The smallest absolute Gasteiger partial charge is 0.308 e. The standard InChI is InChI=1S/C13H17NO5/c1-8(13(17)18)9(2)14-12(16)7-19-11-6-4-3-5-10(11)15/h3-6,8-9,15H,7H2,1-2H3,(H,14,16)(H,17,18). The second-order valence-electron chi connectivity index (χ2n) is 4.24. The second-order valence-corrected chi connectivity index (χ2v) is 4.24. The first-order chi connectivity index (χ1) is 8.91. The highest BCUT2D eigenvalue weighted by Gasteiger charge is 2.21. The van der Waals surface area contributed by atoms with Crippen LogP contribution in [-0.2, 0) is 9.59 Å². The van der Waals surface area contributed by atoms with Crippen molar-refractivity contribution in [2.45, 2.75) is 19.9 Å². The maximum absolute atomic E-state index is 11.6. The molecule has 1 rings (SSSR count). The van der Waals surface area contributed by atoms with Crippen molar-refractivity contribution >= 4 is 11.9 Å². The first-order valence-corrected chi connectivity index (χ1v) is 5.84. The number of carbonyl (C=O) groups excluding carboxylic acids is 1. The molecule has 0 bridgehead atoms. The number of aliphatic carboxylic acids is 1. The van der Waals surface area contributed by atoms with Gasteiger partial charge in [0.2, 0.25) is 0 Å². The number of para-hydroxylation sites is 2. The van der Waals surface area contributed by atoms with Crippen molar-refractivity contribution < 1.29 is 24.5 Å². The van der Waals surface area contributed by atoms with Crippen LogP contribution in [0.15, 0.2) is 24.3 Å². The minimum Gasteiger partial charge on any atom is -0.504 e. The van der Waals surface area contributed by atoms with E-state index in [0.29, 0.717) is 0 Å². The predicted molar refractivity (Wildman–Crippen MR) is 68.0 cm³/mol. The Balaban J connectivity index is 2.44. The van der Waals surface area contributed by atoms with E-state index < -0.39 is 23.8 Å². The van der Waals surface area contributed by atoms with E-state index in [2.05, 4.69) is 5.32 Å². The Labute approximate surface area is 111 Å². The molecule has 0 fully saturated rings. The van der Waals surface area contributed by atoms with Gasteiger partial charge in [-0.25, -0.2) is 0 Å². The summed E-state index contributed by atoms with van der Waals surface area (Å²) in [6.07, 6.45) is 0. The van der Waals surface area contributed by atoms with Crippen LogP contribution >= 0.6 is 0 Å². The Kier molecular flexibility index (Phi) is 5.17. The Morgan fingerprint density at radius 1 is 1.32 bits per heavy atom. The number of ether oxygens (including phenoxy) is 1. The third-order valence-electron chi connectivity index (χ3n) is 2.75. The molecule has 0 heterocycles. The van der Waals surface area contributed by atoms with Gasteiger partial charge in [-0.1, -0.05) is 12.1 Å². The lowest BCUT2D eigenvalue weighted by Crippen LogP contribution is -2.42. The SMILES string of the molecule is CC(NC(=O)COc1ccccc1O)C(C)C(=O)O. The summed E-state index contributed by atoms with van der Waals surface area (Å²) in [5.74, 6) is -1.95. The zero-order chi connectivity index (χ0) is 14.4. The van der Waals surface area contributed by atoms with E-state index in [4.69, 9.17) is 9.84 Å². The number of aromatic hydroxyl groups is 1. The Morgan fingerprint density at radius 2 is 1.95 bits per heavy atom. The molecule has 0 saturated carbocycles. The monoisotopic (exact) mass is 267 g/mol. The molecule has 6 heteroatoms. The van der Waals surface area contributed by atoms with Crippen LogP contribution in [0.4, 0.5) is 0 Å². The minimum absolute atomic E-state index is 0.0535. The number of carbonyl (C=O) groups is 2. The predicted octanol–water partition coefficient (Wildman–Crippen LogP) is 0.996. The number of nitrogens with one attached hydrogen (secondary N) is 1. The molecule has 0 aliphatic rings. The molecule has 2 unspecified atom stereocenters. The fourth-order valence-electron chi connectivity index (χ4n) is 1.36. The van der Waals surface area contributed by atoms with Crippen LogP contribution in [0.2, 0.25) is 0 Å². The molecule has 19 heavy (non-hydrogen) atoms. The number of carboxylic acids is 1. The van der Waals surface area contributed by atoms with Crippen molar-refractivity contribution in [1.29, 1.82) is 0 Å². The van der Waals surface area contributed by atoms with E-state index in [9.17, 15) is 14.7 Å². The molecule has 1 aromatic carbocycles. The largest absolute Gasteiger partial charge is 0.504 e. The van der Waals surface area contributed by atoms with E-state index in [1.54, 1.807) is 19.1 Å². The third-order valence-corrected chi connectivity index (χ3v) is 2.75. The molecule has 0 aliphatic carbocycles. The summed E-state index contributed by atoms with van der Waals surface area (Å²) < 4.78 is 5.13. The van der Waals surface area contributed by atoms with Crippen molar-refractivity contribution in [1.82, 2.24) is 5.32 Å². The van der Waals surface area contributed by atoms with Crippen LogP contribution in [0.1, 0.15) is 13.8 Å². The molecule has 6 nitrogen and oxygen atoms in total. The summed E-state index contributed by atoms with van der Waals surface area (Å²) in [7, 11) is 0. The molecule has 104 valence electrons. The Morgan fingerprint density at radius 3 is 2.53 bits per heavy atom. The highest BCUT2D eigenvalue weighted by Crippen LogP contribution is 2.23. The van der Waals surface area contributed by atoms with E-state index in [1.165, 1.54) is 19.1 Å². The quantitative estimate of drug-likeness (QED) is 0.714. The van der Waals surface area contributed by atoms with Crippen molar-refractivity contribution in [3.63, 3.8) is 0 Å². The molecule has 0 spiro atoms. The number of phenolic OH excluding ortho intramolecular Hbond substituents is 1. The van der Waals surface area contributed by atoms with Gasteiger partial charge in [-0.05, 0) is 26.0 Å². The normalized spacial score (nSPS) is 13.4. The summed E-state index contributed by atoms with van der Waals surface area (Å²) >= 11 is 0. The van der Waals surface area contributed by atoms with Crippen molar-refractivity contribution in [2.75, 3.05) is 6.61 Å². The van der Waals surface area contributed by atoms with Crippen molar-refractivity contribution in [3.05, 3.63) is 24.3 Å². The van der Waals surface area contributed by atoms with Gasteiger partial charge in [0.1, 0.15) is 0 Å². The number of benzene rings is 1. The lowest BCUT2D eigenvalue weighted by Gasteiger charge is -2.17. The first kappa shape index (κ1) is 14.8. The molecule has 3 N–H and O–H groups in total. The zero-order valence-corrected chi connectivity index (χ0v) is 10.8. The van der Waals surface area contributed by atoms with Crippen LogP contribution in [-0.4, -0.2) is 34.7 Å². The van der Waals surface area contributed by atoms with Gasteiger partial charge < -0.3 is 20.3 Å². The number of hydrogen-bond acceptors (Lipinski definition) is 4. The highest BCUT2D eigenvalue weighted by molar-refractivity contribution is 5.79. The molecule has 0 saturated heterocycles. The van der Waals surface area contributed by atoms with Gasteiger partial charge in [0, 0.05) is 6.04 Å². The summed E-state index contributed by atoms with van der Waals surface area (Å²) in [6.45, 7) is 2.84. The van der Waals surface area contributed by atoms with Gasteiger partial charge in [-0.2, -0.15) is 0 Å². The fourth-order valence-corrected chi connectivity index (χ4v) is 1.36. The molecular weight excluding hydrogens is 250 g/mol. The first-order valence-electron chi connectivity index (χ1n) is 5.84. The van der Waals surface area contributed by atoms with E-state index >= 15 is 0 Å². The van der Waals surface area contributed by atoms with Crippen LogP contribution in [0, 0.1) is 5.92 Å². The van der Waals surface area contributed by atoms with Gasteiger partial charge in [-0.15, -0.1) is 0 Å². The third kappa shape index (κ3) is 4.50. The Hall–Kier alpha value is -2.24. The Bertz CT molecular complexity index is 460. The summed E-state index contributed by atoms with van der Waals surface area (Å²) in [5.41, 5.74) is 0. The molecule has 0 aliphatic heterocycles. The lowest BCUT2D eigenvalue weighted by atomic mass is 10.0. The van der Waals surface area contributed by atoms with E-state index in [-0.39, 0.29) is 18.1 Å². The van der Waals surface area contributed by atoms with Crippen molar-refractivity contribution in [2.24, 2.45) is 5.92 Å². The maximum Gasteiger partial charge on any atom is 0.308 e. The lowest BCUT2D eigenvalue weighted by molar-refractivity contribution is -0.142. The maximum atomic E-state index is 11.6. The van der Waals surface area contributed by atoms with Crippen molar-refractivity contribution in [3.8, 4) is 11.5 Å². The topological polar surface area (TPSA) is 95.9 Å². The summed E-state index contributed by atoms with van der Waals surface area (Å²) in [5, 5.41) is 20.8. The number of hydrogen-bond donors (Lipinski definition) is 3. The molecule has 0 radical (unpaired) electrons. The molecule has 1 amide bonds. The van der Waals surface area contributed by atoms with Gasteiger partial charge in [-0.3, -0.25) is 9.59 Å². The molecular formula is C13H17NO5. The van der Waals surface area contributed by atoms with E-state index in [0.717, 1.165) is 0 Å². The molecule has 1 aromatic rings. The average Bonchev–Trinajstić information content (AvgIpc) is 2.36. The minimum atomic E-state index is -0.977. The average molecular weight is 267 g/mol. The van der Waals surface area contributed by atoms with Crippen LogP contribution in [0.25, 0.3) is 0 Å². The van der Waals surface area contributed by atoms with Crippen LogP contribution < -0.4 is 10.1 Å². The molecule has 0 aromatic heterocycles. The number of amides is 1. The number of carboxylic acid groups (broad SMARTS) is 1. The number of rotatable bonds is 6. The van der Waals surface area contributed by atoms with Gasteiger partial charge in [0.25, 0.3) is 5.91 Å². The summed E-state index contributed by atoms with van der Waals surface area (Å²) in [4.78, 5) is 22.3. The zero-order valence-electron chi connectivity index (χ0n) is 10.8. The molecule has 2 atom stereocenters. The second kappa shape index (κ2) is 6.63.